The molecule has 1 heterocycles. The number of nitrogens with one attached hydrogen (secondary N) is 1. The molecule has 0 aliphatic rings. The smallest absolute Gasteiger partial charge is 0.337 e. The number of ether oxygens (including phenoxy) is 1. The van der Waals surface area contributed by atoms with E-state index in [1.54, 1.807) is 24.5 Å². The molecule has 1 aromatic heterocycles. The van der Waals surface area contributed by atoms with E-state index in [9.17, 15) is 9.59 Å². The Morgan fingerprint density at radius 1 is 1.35 bits per heavy atom. The van der Waals surface area contributed by atoms with Crippen molar-refractivity contribution in [1.29, 1.82) is 0 Å². The number of rotatable bonds is 6. The first-order valence-electron chi connectivity index (χ1n) is 7.36. The highest BCUT2D eigenvalue weighted by atomic mass is 16.5. The topological polar surface area (TPSA) is 85.1 Å². The van der Waals surface area contributed by atoms with Crippen molar-refractivity contribution in [3.63, 3.8) is 0 Å². The molecule has 1 aromatic carbocycles. The Bertz CT molecular complexity index is 680. The highest BCUT2D eigenvalue weighted by Crippen LogP contribution is 2.17. The van der Waals surface area contributed by atoms with Crippen molar-refractivity contribution >= 4 is 17.6 Å². The Hall–Kier alpha value is -2.60. The zero-order chi connectivity index (χ0) is 16.8. The van der Waals surface area contributed by atoms with Crippen molar-refractivity contribution in [3.8, 4) is 0 Å². The van der Waals surface area contributed by atoms with Crippen molar-refractivity contribution < 1.29 is 24.1 Å². The van der Waals surface area contributed by atoms with E-state index >= 15 is 0 Å². The zero-order valence-electron chi connectivity index (χ0n) is 13.5. The maximum atomic E-state index is 12.1. The van der Waals surface area contributed by atoms with Gasteiger partial charge in [-0.2, -0.15) is 0 Å². The first-order valence-corrected chi connectivity index (χ1v) is 7.36. The van der Waals surface area contributed by atoms with E-state index in [1.165, 1.54) is 7.11 Å². The van der Waals surface area contributed by atoms with Gasteiger partial charge in [0.05, 0.1) is 18.9 Å². The number of nitrogens with two attached hydrogens (primary N) is 1. The Morgan fingerprint density at radius 3 is 2.78 bits per heavy atom. The fourth-order valence-electron chi connectivity index (χ4n) is 2.15. The summed E-state index contributed by atoms with van der Waals surface area (Å²) in [6, 6.07) is 8.82. The molecule has 0 aliphatic carbocycles. The van der Waals surface area contributed by atoms with E-state index in [1.807, 2.05) is 31.3 Å². The fraction of sp³-hybridized carbons (Fsp3) is 0.294. The minimum absolute atomic E-state index is 0.0539. The van der Waals surface area contributed by atoms with Crippen LogP contribution in [0.3, 0.4) is 0 Å². The van der Waals surface area contributed by atoms with Crippen LogP contribution in [0.1, 0.15) is 34.6 Å². The lowest BCUT2D eigenvalue weighted by atomic mass is 10.1. The minimum atomic E-state index is -0.432. The first-order chi connectivity index (χ1) is 11.0. The number of esters is 1. The summed E-state index contributed by atoms with van der Waals surface area (Å²) >= 11 is 0. The van der Waals surface area contributed by atoms with E-state index in [0.29, 0.717) is 11.3 Å². The summed E-state index contributed by atoms with van der Waals surface area (Å²) in [5, 5.41) is 4.70. The number of furan rings is 1. The summed E-state index contributed by atoms with van der Waals surface area (Å²) in [6.07, 6.45) is 1.61. The summed E-state index contributed by atoms with van der Waals surface area (Å²) in [6.45, 7) is 4.09. The van der Waals surface area contributed by atoms with Gasteiger partial charge >= 0.3 is 5.97 Å². The largest absolute Gasteiger partial charge is 0.465 e. The van der Waals surface area contributed by atoms with Crippen LogP contribution in [0.25, 0.3) is 0 Å². The molecule has 0 fully saturated rings. The number of carbonyl (C=O) groups excluding carboxylic acids is 2. The van der Waals surface area contributed by atoms with Gasteiger partial charge in [0.1, 0.15) is 6.04 Å². The Morgan fingerprint density at radius 2 is 2.13 bits per heavy atom. The van der Waals surface area contributed by atoms with Crippen LogP contribution in [0.5, 0.6) is 0 Å². The standard InChI is InChI=1S/C17H20N2O4/c1-11-6-7-13(17(21)22-3)9-14(11)19-16(20)10-18-12(2)15-5-4-8-23-15/h4-9,12,18H,10H2,1-3H3,(H,19,20)/p+1/t12-/m1/s1. The Labute approximate surface area is 134 Å². The van der Waals surface area contributed by atoms with Gasteiger partial charge in [-0.1, -0.05) is 6.07 Å². The van der Waals surface area contributed by atoms with E-state index < -0.39 is 5.97 Å². The normalized spacial score (nSPS) is 11.8. The maximum Gasteiger partial charge on any atom is 0.337 e. The third kappa shape index (κ3) is 4.43. The summed E-state index contributed by atoms with van der Waals surface area (Å²) in [7, 11) is 1.32. The van der Waals surface area contributed by atoms with Gasteiger partial charge in [0.2, 0.25) is 0 Å². The van der Waals surface area contributed by atoms with Gasteiger partial charge in [-0.25, -0.2) is 4.79 Å². The number of methoxy groups -OCH3 is 1. The number of carbonyl (C=O) groups is 2. The van der Waals surface area contributed by atoms with Crippen LogP contribution in [-0.4, -0.2) is 25.5 Å². The SMILES string of the molecule is COC(=O)c1ccc(C)c(NC(=O)C[NH2+][C@H](C)c2ccco2)c1. The van der Waals surface area contributed by atoms with Crippen molar-refractivity contribution in [1.82, 2.24) is 0 Å². The van der Waals surface area contributed by atoms with Crippen LogP contribution in [-0.2, 0) is 9.53 Å². The summed E-state index contributed by atoms with van der Waals surface area (Å²) in [5.41, 5.74) is 1.89. The second-order valence-corrected chi connectivity index (χ2v) is 5.31. The number of hydrogen-bond donors (Lipinski definition) is 2. The monoisotopic (exact) mass is 317 g/mol. The average Bonchev–Trinajstić information content (AvgIpc) is 3.08. The predicted molar refractivity (Wildman–Crippen MR) is 85.1 cm³/mol. The lowest BCUT2D eigenvalue weighted by Crippen LogP contribution is -2.86. The van der Waals surface area contributed by atoms with Crippen molar-refractivity contribution in [2.24, 2.45) is 0 Å². The Balaban J connectivity index is 1.96. The fourth-order valence-corrected chi connectivity index (χ4v) is 2.15. The van der Waals surface area contributed by atoms with E-state index in [-0.39, 0.29) is 18.5 Å². The molecule has 0 spiro atoms. The zero-order valence-corrected chi connectivity index (χ0v) is 13.5. The van der Waals surface area contributed by atoms with Crippen molar-refractivity contribution in [2.45, 2.75) is 19.9 Å². The van der Waals surface area contributed by atoms with Crippen molar-refractivity contribution in [3.05, 3.63) is 53.5 Å². The molecule has 0 bridgehead atoms. The average molecular weight is 317 g/mol. The second kappa shape index (κ2) is 7.60. The predicted octanol–water partition coefficient (Wildman–Crippen LogP) is 1.64. The molecule has 0 saturated carbocycles. The van der Waals surface area contributed by atoms with Gasteiger partial charge in [-0.15, -0.1) is 0 Å². The van der Waals surface area contributed by atoms with Gasteiger partial charge in [0.25, 0.3) is 5.91 Å². The molecule has 2 rings (SSSR count). The van der Waals surface area contributed by atoms with Crippen molar-refractivity contribution in [2.75, 3.05) is 19.0 Å². The van der Waals surface area contributed by atoms with Crippen LogP contribution in [0.15, 0.2) is 41.0 Å². The molecular formula is C17H21N2O4+. The lowest BCUT2D eigenvalue weighted by molar-refractivity contribution is -0.684. The summed E-state index contributed by atoms with van der Waals surface area (Å²) in [5.74, 6) is 0.244. The molecule has 0 saturated heterocycles. The highest BCUT2D eigenvalue weighted by Gasteiger charge is 2.15. The van der Waals surface area contributed by atoms with Crippen LogP contribution >= 0.6 is 0 Å². The molecule has 6 heteroatoms. The quantitative estimate of drug-likeness (QED) is 0.793. The molecule has 2 aromatic rings. The summed E-state index contributed by atoms with van der Waals surface area (Å²) in [4.78, 5) is 23.7. The molecule has 1 atom stereocenters. The van der Waals surface area contributed by atoms with Crippen LogP contribution < -0.4 is 10.6 Å². The molecule has 0 aliphatic heterocycles. The molecule has 6 nitrogen and oxygen atoms in total. The van der Waals surface area contributed by atoms with Gasteiger partial charge in [0, 0.05) is 5.69 Å². The molecule has 0 radical (unpaired) electrons. The van der Waals surface area contributed by atoms with E-state index in [2.05, 4.69) is 10.1 Å². The third-order valence-corrected chi connectivity index (χ3v) is 3.58. The van der Waals surface area contributed by atoms with E-state index in [0.717, 1.165) is 11.3 Å². The molecule has 3 N–H and O–H groups in total. The van der Waals surface area contributed by atoms with Crippen LogP contribution in [0, 0.1) is 6.92 Å². The first kappa shape index (κ1) is 16.8. The van der Waals surface area contributed by atoms with Gasteiger partial charge in [-0.3, -0.25) is 4.79 Å². The highest BCUT2D eigenvalue weighted by molar-refractivity contribution is 5.95. The second-order valence-electron chi connectivity index (χ2n) is 5.31. The van der Waals surface area contributed by atoms with Crippen LogP contribution in [0.2, 0.25) is 0 Å². The molecule has 122 valence electrons. The van der Waals surface area contributed by atoms with E-state index in [4.69, 9.17) is 4.42 Å². The number of hydrogen-bond acceptors (Lipinski definition) is 4. The van der Waals surface area contributed by atoms with Crippen LogP contribution in [0.4, 0.5) is 5.69 Å². The number of anilines is 1. The number of aryl methyl sites for hydroxylation is 1. The number of benzene rings is 1. The molecule has 23 heavy (non-hydrogen) atoms. The maximum absolute atomic E-state index is 12.1. The minimum Gasteiger partial charge on any atom is -0.465 e. The van der Waals surface area contributed by atoms with Gasteiger partial charge in [0.15, 0.2) is 12.3 Å². The summed E-state index contributed by atoms with van der Waals surface area (Å²) < 4.78 is 9.99. The number of quaternary nitrogens is 1. The third-order valence-electron chi connectivity index (χ3n) is 3.58. The lowest BCUT2D eigenvalue weighted by Gasteiger charge is -2.11. The molecular weight excluding hydrogens is 296 g/mol. The Kier molecular flexibility index (Phi) is 5.54. The number of amides is 1. The van der Waals surface area contributed by atoms with Gasteiger partial charge < -0.3 is 19.8 Å². The molecule has 0 unspecified atom stereocenters. The van der Waals surface area contributed by atoms with Gasteiger partial charge in [-0.05, 0) is 43.7 Å². The molecule has 1 amide bonds.